The van der Waals surface area contributed by atoms with Crippen LogP contribution in [0.1, 0.15) is 6.42 Å². The number of aliphatic hydroxyl groups is 1. The third-order valence-corrected chi connectivity index (χ3v) is 1.22. The first kappa shape index (κ1) is 15.6. The molecule has 0 fully saturated rings. The van der Waals surface area contributed by atoms with E-state index in [0.29, 0.717) is 0 Å². The monoisotopic (exact) mass is 219 g/mol. The van der Waals surface area contributed by atoms with Crippen molar-refractivity contribution < 1.29 is 24.9 Å². The molecule has 1 atom stereocenters. The average Bonchev–Trinajstić information content (AvgIpc) is 1.96. The molecular formula is C6H13CaNO5. The first-order chi connectivity index (χ1) is 5.57. The molecular weight excluding hydrogens is 206 g/mol. The van der Waals surface area contributed by atoms with Crippen LogP contribution in [0.25, 0.3) is 0 Å². The van der Waals surface area contributed by atoms with Crippen molar-refractivity contribution in [2.45, 2.75) is 12.5 Å². The molecule has 0 heterocycles. The van der Waals surface area contributed by atoms with E-state index in [1.807, 2.05) is 0 Å². The van der Waals surface area contributed by atoms with Gasteiger partial charge in [0.15, 0.2) is 0 Å². The van der Waals surface area contributed by atoms with Gasteiger partial charge in [-0.1, -0.05) is 0 Å². The number of carboxylic acids is 2. The summed E-state index contributed by atoms with van der Waals surface area (Å²) in [6.45, 7) is -0.708. The first-order valence-electron chi connectivity index (χ1n) is 3.36. The van der Waals surface area contributed by atoms with Crippen molar-refractivity contribution in [1.29, 1.82) is 0 Å². The van der Waals surface area contributed by atoms with Crippen LogP contribution < -0.4 is 5.32 Å². The van der Waals surface area contributed by atoms with Crippen molar-refractivity contribution in [2.24, 2.45) is 0 Å². The molecule has 0 spiro atoms. The predicted octanol–water partition coefficient (Wildman–Crippen LogP) is -2.42. The Bertz CT molecular complexity index is 174. The number of carboxylic acid groups (broad SMARTS) is 2. The number of nitrogens with one attached hydrogen (secondary N) is 1. The van der Waals surface area contributed by atoms with Gasteiger partial charge >= 0.3 is 49.7 Å². The van der Waals surface area contributed by atoms with E-state index in [4.69, 9.17) is 15.3 Å². The fraction of sp³-hybridized carbons (Fsp3) is 0.667. The van der Waals surface area contributed by atoms with Crippen molar-refractivity contribution in [3.8, 4) is 0 Å². The Morgan fingerprint density at radius 2 is 1.85 bits per heavy atom. The molecule has 74 valence electrons. The van der Waals surface area contributed by atoms with Crippen LogP contribution in [0.3, 0.4) is 0 Å². The maximum atomic E-state index is 10.3. The zero-order chi connectivity index (χ0) is 9.56. The summed E-state index contributed by atoms with van der Waals surface area (Å²) in [5.74, 6) is -2.29. The third-order valence-electron chi connectivity index (χ3n) is 1.22. The molecule has 4 N–H and O–H groups in total. The first-order valence-corrected chi connectivity index (χ1v) is 3.36. The molecule has 0 saturated carbocycles. The van der Waals surface area contributed by atoms with Crippen LogP contribution in [0.2, 0.25) is 0 Å². The molecule has 7 heteroatoms. The maximum absolute atomic E-state index is 10.3. The Kier molecular flexibility index (Phi) is 10.4. The number of carbonyl (C=O) groups is 2. The van der Waals surface area contributed by atoms with E-state index in [1.54, 1.807) is 0 Å². The molecule has 1 unspecified atom stereocenters. The molecule has 0 saturated heterocycles. The van der Waals surface area contributed by atoms with Gasteiger partial charge in [-0.3, -0.25) is 14.9 Å². The van der Waals surface area contributed by atoms with Crippen molar-refractivity contribution >= 4 is 49.7 Å². The predicted molar refractivity (Wildman–Crippen MR) is 47.3 cm³/mol. The molecule has 0 aliphatic rings. The Morgan fingerprint density at radius 1 is 1.31 bits per heavy atom. The third kappa shape index (κ3) is 8.45. The SMILES string of the molecule is O=C(O)CNC(CCO)C(=O)O.[CaH2]. The Morgan fingerprint density at radius 3 is 2.15 bits per heavy atom. The van der Waals surface area contributed by atoms with Crippen LogP contribution in [0.4, 0.5) is 0 Å². The molecule has 0 aliphatic heterocycles. The van der Waals surface area contributed by atoms with Gasteiger partial charge in [0.25, 0.3) is 0 Å². The Labute approximate surface area is 105 Å². The zero-order valence-corrected chi connectivity index (χ0v) is 6.36. The number of aliphatic carboxylic acids is 2. The summed E-state index contributed by atoms with van der Waals surface area (Å²) in [6.07, 6.45) is 0.00259. The summed E-state index contributed by atoms with van der Waals surface area (Å²) in [5.41, 5.74) is 0. The topological polar surface area (TPSA) is 107 Å². The molecule has 0 aromatic carbocycles. The van der Waals surface area contributed by atoms with Gasteiger partial charge in [0.05, 0.1) is 6.54 Å². The van der Waals surface area contributed by atoms with E-state index in [9.17, 15) is 9.59 Å². The van der Waals surface area contributed by atoms with E-state index >= 15 is 0 Å². The molecule has 0 aromatic rings. The molecule has 0 aromatic heterocycles. The van der Waals surface area contributed by atoms with Crippen LogP contribution in [0.15, 0.2) is 0 Å². The normalized spacial score (nSPS) is 11.5. The summed E-state index contributed by atoms with van der Waals surface area (Å²) in [7, 11) is 0. The fourth-order valence-corrected chi connectivity index (χ4v) is 0.652. The van der Waals surface area contributed by atoms with Gasteiger partial charge in [0.2, 0.25) is 0 Å². The molecule has 0 bridgehead atoms. The fourth-order valence-electron chi connectivity index (χ4n) is 0.652. The van der Waals surface area contributed by atoms with Gasteiger partial charge in [0, 0.05) is 6.61 Å². The van der Waals surface area contributed by atoms with E-state index in [-0.39, 0.29) is 50.8 Å². The van der Waals surface area contributed by atoms with Crippen LogP contribution in [0, 0.1) is 0 Å². The second-order valence-electron chi connectivity index (χ2n) is 2.18. The number of hydrogen-bond acceptors (Lipinski definition) is 4. The average molecular weight is 219 g/mol. The van der Waals surface area contributed by atoms with Gasteiger partial charge in [-0.05, 0) is 6.42 Å². The van der Waals surface area contributed by atoms with E-state index in [2.05, 4.69) is 5.32 Å². The molecule has 0 radical (unpaired) electrons. The second kappa shape index (κ2) is 8.71. The second-order valence-corrected chi connectivity index (χ2v) is 2.18. The van der Waals surface area contributed by atoms with Crippen LogP contribution in [-0.2, 0) is 9.59 Å². The van der Waals surface area contributed by atoms with Gasteiger partial charge in [-0.25, -0.2) is 0 Å². The summed E-state index contributed by atoms with van der Waals surface area (Å²) in [4.78, 5) is 20.3. The van der Waals surface area contributed by atoms with E-state index in [1.165, 1.54) is 0 Å². The Balaban J connectivity index is 0. The molecule has 6 nitrogen and oxygen atoms in total. The summed E-state index contributed by atoms with van der Waals surface area (Å²) >= 11 is 0. The quantitative estimate of drug-likeness (QED) is 0.370. The summed E-state index contributed by atoms with van der Waals surface area (Å²) in [5, 5.41) is 27.3. The number of rotatable bonds is 6. The van der Waals surface area contributed by atoms with Crippen molar-refractivity contribution in [2.75, 3.05) is 13.2 Å². The van der Waals surface area contributed by atoms with E-state index in [0.717, 1.165) is 0 Å². The van der Waals surface area contributed by atoms with Crippen molar-refractivity contribution in [1.82, 2.24) is 5.32 Å². The molecule has 0 amide bonds. The van der Waals surface area contributed by atoms with Crippen LogP contribution in [0.5, 0.6) is 0 Å². The summed E-state index contributed by atoms with van der Waals surface area (Å²) in [6, 6.07) is -0.994. The minimum absolute atomic E-state index is 0. The van der Waals surface area contributed by atoms with Crippen molar-refractivity contribution in [3.05, 3.63) is 0 Å². The van der Waals surface area contributed by atoms with Crippen LogP contribution in [-0.4, -0.2) is 84.2 Å². The van der Waals surface area contributed by atoms with Gasteiger partial charge in [0.1, 0.15) is 6.04 Å². The standard InChI is InChI=1S/C6H11NO5.Ca.2H/c8-2-1-4(6(11)12)7-3-5(9)10;;;/h4,7-8H,1-3H2,(H,9,10)(H,11,12);;;. The Hall–Kier alpha value is 0.120. The van der Waals surface area contributed by atoms with Gasteiger partial charge < -0.3 is 15.3 Å². The molecule has 0 rings (SSSR count). The summed E-state index contributed by atoms with van der Waals surface area (Å²) < 4.78 is 0. The molecule has 13 heavy (non-hydrogen) atoms. The van der Waals surface area contributed by atoms with Gasteiger partial charge in [-0.2, -0.15) is 0 Å². The minimum atomic E-state index is -1.16. The zero-order valence-electron chi connectivity index (χ0n) is 6.36. The molecule has 0 aliphatic carbocycles. The number of hydrogen-bond donors (Lipinski definition) is 4. The van der Waals surface area contributed by atoms with Gasteiger partial charge in [-0.15, -0.1) is 0 Å². The van der Waals surface area contributed by atoms with Crippen molar-refractivity contribution in [3.63, 3.8) is 0 Å². The van der Waals surface area contributed by atoms with E-state index < -0.39 is 24.5 Å². The number of aliphatic hydroxyl groups excluding tert-OH is 1. The van der Waals surface area contributed by atoms with Crippen LogP contribution >= 0.6 is 0 Å².